The van der Waals surface area contributed by atoms with Gasteiger partial charge in [0.1, 0.15) is 0 Å². The summed E-state index contributed by atoms with van der Waals surface area (Å²) in [5.74, 6) is 0.635. The fourth-order valence-electron chi connectivity index (χ4n) is 3.68. The highest BCUT2D eigenvalue weighted by Crippen LogP contribution is 2.34. The standard InChI is InChI=1S/C23H27N/c1-4-18(5-2)20-13-9-10-14-21(20)23-15-17(3)22(16-24-23)19-11-7-6-8-12-19/h6-16,18,23-24H,4-5H2,1-3H3. The van der Waals surface area contributed by atoms with E-state index < -0.39 is 0 Å². The lowest BCUT2D eigenvalue weighted by atomic mass is 9.85. The molecule has 0 amide bonds. The average molecular weight is 317 g/mol. The molecule has 0 aliphatic carbocycles. The Labute approximate surface area is 146 Å². The second kappa shape index (κ2) is 7.53. The van der Waals surface area contributed by atoms with E-state index >= 15 is 0 Å². The molecule has 2 aromatic rings. The summed E-state index contributed by atoms with van der Waals surface area (Å²) in [5.41, 5.74) is 6.79. The minimum absolute atomic E-state index is 0.259. The van der Waals surface area contributed by atoms with E-state index in [9.17, 15) is 0 Å². The van der Waals surface area contributed by atoms with Crippen LogP contribution >= 0.6 is 0 Å². The highest BCUT2D eigenvalue weighted by Gasteiger charge is 2.20. The lowest BCUT2D eigenvalue weighted by molar-refractivity contribution is 0.621. The van der Waals surface area contributed by atoms with Crippen LogP contribution in [0, 0.1) is 0 Å². The number of allylic oxidation sites excluding steroid dienone is 2. The maximum absolute atomic E-state index is 3.62. The first kappa shape index (κ1) is 16.6. The van der Waals surface area contributed by atoms with Crippen LogP contribution in [-0.2, 0) is 0 Å². The van der Waals surface area contributed by atoms with Crippen molar-refractivity contribution in [1.82, 2.24) is 5.32 Å². The summed E-state index contributed by atoms with van der Waals surface area (Å²) in [5, 5.41) is 3.62. The summed E-state index contributed by atoms with van der Waals surface area (Å²) in [6, 6.07) is 19.8. The molecule has 0 saturated carbocycles. The van der Waals surface area contributed by atoms with E-state index in [-0.39, 0.29) is 6.04 Å². The molecular weight excluding hydrogens is 290 g/mol. The van der Waals surface area contributed by atoms with Gasteiger partial charge in [0.25, 0.3) is 0 Å². The molecule has 1 aliphatic rings. The third-order valence-corrected chi connectivity index (χ3v) is 5.09. The van der Waals surface area contributed by atoms with Gasteiger partial charge in [-0.2, -0.15) is 0 Å². The van der Waals surface area contributed by atoms with Crippen molar-refractivity contribution in [1.29, 1.82) is 0 Å². The van der Waals surface area contributed by atoms with Gasteiger partial charge < -0.3 is 5.32 Å². The Morgan fingerprint density at radius 3 is 2.25 bits per heavy atom. The molecular formula is C23H27N. The molecule has 3 rings (SSSR count). The quantitative estimate of drug-likeness (QED) is 0.690. The van der Waals surface area contributed by atoms with Gasteiger partial charge in [-0.05, 0) is 47.9 Å². The Morgan fingerprint density at radius 2 is 1.58 bits per heavy atom. The maximum atomic E-state index is 3.62. The van der Waals surface area contributed by atoms with E-state index in [1.54, 1.807) is 0 Å². The molecule has 1 heteroatoms. The smallest absolute Gasteiger partial charge is 0.0701 e. The van der Waals surface area contributed by atoms with Crippen molar-refractivity contribution < 1.29 is 0 Å². The number of hydrogen-bond donors (Lipinski definition) is 1. The van der Waals surface area contributed by atoms with Gasteiger partial charge in [-0.3, -0.25) is 0 Å². The second-order valence-corrected chi connectivity index (χ2v) is 6.56. The lowest BCUT2D eigenvalue weighted by Crippen LogP contribution is -2.20. The van der Waals surface area contributed by atoms with Crippen molar-refractivity contribution in [3.8, 4) is 0 Å². The van der Waals surface area contributed by atoms with Gasteiger partial charge in [0.15, 0.2) is 0 Å². The van der Waals surface area contributed by atoms with Crippen LogP contribution in [0.2, 0.25) is 0 Å². The van der Waals surface area contributed by atoms with E-state index in [0.29, 0.717) is 5.92 Å². The number of hydrogen-bond acceptors (Lipinski definition) is 1. The molecule has 0 bridgehead atoms. The maximum Gasteiger partial charge on any atom is 0.0701 e. The van der Waals surface area contributed by atoms with Gasteiger partial charge in [0.2, 0.25) is 0 Å². The summed E-state index contributed by atoms with van der Waals surface area (Å²) >= 11 is 0. The van der Waals surface area contributed by atoms with Crippen LogP contribution < -0.4 is 5.32 Å². The first-order valence-electron chi connectivity index (χ1n) is 9.03. The van der Waals surface area contributed by atoms with Crippen LogP contribution in [0.4, 0.5) is 0 Å². The van der Waals surface area contributed by atoms with Crippen molar-refractivity contribution in [2.75, 3.05) is 0 Å². The zero-order valence-corrected chi connectivity index (χ0v) is 14.9. The monoisotopic (exact) mass is 317 g/mol. The topological polar surface area (TPSA) is 12.0 Å². The third kappa shape index (κ3) is 3.31. The first-order chi connectivity index (χ1) is 11.7. The zero-order valence-electron chi connectivity index (χ0n) is 14.9. The number of dihydropyridines is 1. The molecule has 24 heavy (non-hydrogen) atoms. The minimum Gasteiger partial charge on any atom is -0.380 e. The van der Waals surface area contributed by atoms with E-state index in [2.05, 4.69) is 93.0 Å². The highest BCUT2D eigenvalue weighted by molar-refractivity contribution is 5.79. The zero-order chi connectivity index (χ0) is 16.9. The Bertz CT molecular complexity index is 736. The van der Waals surface area contributed by atoms with E-state index in [1.807, 2.05) is 0 Å². The van der Waals surface area contributed by atoms with Crippen molar-refractivity contribution >= 4 is 5.57 Å². The van der Waals surface area contributed by atoms with Gasteiger partial charge >= 0.3 is 0 Å². The molecule has 0 spiro atoms. The summed E-state index contributed by atoms with van der Waals surface area (Å²) in [6.45, 7) is 6.79. The number of rotatable bonds is 5. The molecule has 0 radical (unpaired) electrons. The molecule has 2 aromatic carbocycles. The number of nitrogens with one attached hydrogen (secondary N) is 1. The summed E-state index contributed by atoms with van der Waals surface area (Å²) in [4.78, 5) is 0. The fraction of sp³-hybridized carbons (Fsp3) is 0.304. The lowest BCUT2D eigenvalue weighted by Gasteiger charge is -2.27. The molecule has 1 atom stereocenters. The molecule has 124 valence electrons. The van der Waals surface area contributed by atoms with Gasteiger partial charge in [0.05, 0.1) is 6.04 Å². The predicted molar refractivity (Wildman–Crippen MR) is 104 cm³/mol. The average Bonchev–Trinajstić information content (AvgIpc) is 2.64. The molecule has 0 fully saturated rings. The predicted octanol–water partition coefficient (Wildman–Crippen LogP) is 6.22. The number of benzene rings is 2. The van der Waals surface area contributed by atoms with Crippen LogP contribution in [0.1, 0.15) is 62.3 Å². The molecule has 1 aliphatic heterocycles. The van der Waals surface area contributed by atoms with E-state index in [4.69, 9.17) is 0 Å². The summed E-state index contributed by atoms with van der Waals surface area (Å²) in [7, 11) is 0. The van der Waals surface area contributed by atoms with Crippen molar-refractivity contribution in [2.45, 2.75) is 45.6 Å². The fourth-order valence-corrected chi connectivity index (χ4v) is 3.68. The SMILES string of the molecule is CCC(CC)c1ccccc1C1C=C(C)C(c2ccccc2)=CN1. The Balaban J connectivity index is 1.91. The van der Waals surface area contributed by atoms with Gasteiger partial charge in [-0.1, -0.05) is 74.5 Å². The van der Waals surface area contributed by atoms with Crippen LogP contribution in [-0.4, -0.2) is 0 Å². The second-order valence-electron chi connectivity index (χ2n) is 6.56. The van der Waals surface area contributed by atoms with Gasteiger partial charge in [-0.15, -0.1) is 0 Å². The van der Waals surface area contributed by atoms with Crippen molar-refractivity contribution in [3.05, 3.63) is 89.1 Å². The van der Waals surface area contributed by atoms with Gasteiger partial charge in [-0.25, -0.2) is 0 Å². The van der Waals surface area contributed by atoms with E-state index in [1.165, 1.54) is 40.7 Å². The highest BCUT2D eigenvalue weighted by atomic mass is 14.9. The molecule has 1 N–H and O–H groups in total. The normalized spacial score (nSPS) is 17.2. The minimum atomic E-state index is 0.259. The van der Waals surface area contributed by atoms with Crippen LogP contribution in [0.25, 0.3) is 5.57 Å². The van der Waals surface area contributed by atoms with Crippen LogP contribution in [0.15, 0.2) is 72.4 Å². The summed E-state index contributed by atoms with van der Waals surface area (Å²) < 4.78 is 0. The summed E-state index contributed by atoms with van der Waals surface area (Å²) in [6.07, 6.45) is 6.92. The Hall–Kier alpha value is -2.28. The molecule has 0 aromatic heterocycles. The molecule has 0 saturated heterocycles. The Morgan fingerprint density at radius 1 is 0.917 bits per heavy atom. The van der Waals surface area contributed by atoms with Gasteiger partial charge in [0, 0.05) is 11.8 Å². The van der Waals surface area contributed by atoms with Crippen molar-refractivity contribution in [2.24, 2.45) is 0 Å². The first-order valence-corrected chi connectivity index (χ1v) is 9.03. The largest absolute Gasteiger partial charge is 0.380 e. The Kier molecular flexibility index (Phi) is 5.20. The van der Waals surface area contributed by atoms with Crippen LogP contribution in [0.5, 0.6) is 0 Å². The molecule has 1 heterocycles. The van der Waals surface area contributed by atoms with E-state index in [0.717, 1.165) is 0 Å². The third-order valence-electron chi connectivity index (χ3n) is 5.09. The van der Waals surface area contributed by atoms with Crippen LogP contribution in [0.3, 0.4) is 0 Å². The molecule has 1 unspecified atom stereocenters. The van der Waals surface area contributed by atoms with Crippen molar-refractivity contribution in [3.63, 3.8) is 0 Å². The molecule has 1 nitrogen and oxygen atoms in total.